The summed E-state index contributed by atoms with van der Waals surface area (Å²) in [4.78, 5) is 14.2. The van der Waals surface area contributed by atoms with Crippen LogP contribution in [0.3, 0.4) is 0 Å². The van der Waals surface area contributed by atoms with Crippen LogP contribution in [0.25, 0.3) is 10.9 Å². The standard InChI is InChI=1S/C23H33N3O4/c1-15(6-9-27)12-21-24-14-20-22(26-21)19(16-2-4-17(28)5-3-16)13-25-23(20)30-18-7-10-29-11-8-18/h13-18,27-28H,2-12H2,1H3/t15-,16?,17?/m0/s1. The first-order valence-electron chi connectivity index (χ1n) is 11.3. The van der Waals surface area contributed by atoms with Crippen molar-refractivity contribution in [3.05, 3.63) is 23.8 Å². The number of fused-ring (bicyclic) bond motifs is 1. The number of nitrogens with zero attached hydrogens (tertiary/aromatic N) is 3. The zero-order valence-corrected chi connectivity index (χ0v) is 17.8. The van der Waals surface area contributed by atoms with E-state index in [0.29, 0.717) is 30.9 Å². The third-order valence-corrected chi connectivity index (χ3v) is 6.40. The molecule has 30 heavy (non-hydrogen) atoms. The van der Waals surface area contributed by atoms with Gasteiger partial charge in [0.25, 0.3) is 0 Å². The number of hydrogen-bond donors (Lipinski definition) is 2. The number of pyridine rings is 1. The lowest BCUT2D eigenvalue weighted by molar-refractivity contribution is 0.0244. The predicted molar refractivity (Wildman–Crippen MR) is 114 cm³/mol. The van der Waals surface area contributed by atoms with Crippen molar-refractivity contribution in [3.8, 4) is 5.88 Å². The monoisotopic (exact) mass is 415 g/mol. The first-order valence-corrected chi connectivity index (χ1v) is 11.3. The molecule has 7 nitrogen and oxygen atoms in total. The Kier molecular flexibility index (Phi) is 7.12. The van der Waals surface area contributed by atoms with Crippen LogP contribution in [0.1, 0.15) is 69.2 Å². The second kappa shape index (κ2) is 9.98. The average Bonchev–Trinajstić information content (AvgIpc) is 2.75. The van der Waals surface area contributed by atoms with Gasteiger partial charge >= 0.3 is 0 Å². The molecular formula is C23H33N3O4. The highest BCUT2D eigenvalue weighted by Gasteiger charge is 2.26. The van der Waals surface area contributed by atoms with Crippen molar-refractivity contribution in [3.63, 3.8) is 0 Å². The van der Waals surface area contributed by atoms with Crippen molar-refractivity contribution in [2.75, 3.05) is 19.8 Å². The van der Waals surface area contributed by atoms with Crippen molar-refractivity contribution in [1.82, 2.24) is 15.0 Å². The predicted octanol–water partition coefficient (Wildman–Crippen LogP) is 3.16. The fourth-order valence-corrected chi connectivity index (χ4v) is 4.52. The van der Waals surface area contributed by atoms with E-state index < -0.39 is 0 Å². The maximum atomic E-state index is 9.92. The zero-order valence-electron chi connectivity index (χ0n) is 17.8. The van der Waals surface area contributed by atoms with Crippen LogP contribution in [-0.4, -0.2) is 57.2 Å². The summed E-state index contributed by atoms with van der Waals surface area (Å²) in [5.41, 5.74) is 2.06. The van der Waals surface area contributed by atoms with E-state index in [1.54, 1.807) is 0 Å². The molecule has 164 valence electrons. The highest BCUT2D eigenvalue weighted by molar-refractivity contribution is 5.85. The molecule has 7 heteroatoms. The van der Waals surface area contributed by atoms with Crippen molar-refractivity contribution in [1.29, 1.82) is 0 Å². The second-order valence-electron chi connectivity index (χ2n) is 8.82. The minimum Gasteiger partial charge on any atom is -0.474 e. The Labute approximate surface area is 177 Å². The van der Waals surface area contributed by atoms with Crippen molar-refractivity contribution in [2.24, 2.45) is 5.92 Å². The number of aliphatic hydroxyl groups excluding tert-OH is 2. The molecule has 0 radical (unpaired) electrons. The third-order valence-electron chi connectivity index (χ3n) is 6.40. The Morgan fingerprint density at radius 2 is 1.87 bits per heavy atom. The molecule has 2 aromatic heterocycles. The summed E-state index contributed by atoms with van der Waals surface area (Å²) in [6.07, 6.45) is 10.4. The molecule has 2 aromatic rings. The largest absolute Gasteiger partial charge is 0.474 e. The molecule has 2 N–H and O–H groups in total. The van der Waals surface area contributed by atoms with Gasteiger partial charge in [0.15, 0.2) is 0 Å². The van der Waals surface area contributed by atoms with Crippen LogP contribution in [0.4, 0.5) is 0 Å². The fourth-order valence-electron chi connectivity index (χ4n) is 4.52. The normalized spacial score (nSPS) is 24.1. The second-order valence-corrected chi connectivity index (χ2v) is 8.82. The van der Waals surface area contributed by atoms with E-state index in [4.69, 9.17) is 14.5 Å². The summed E-state index contributed by atoms with van der Waals surface area (Å²) in [7, 11) is 0. The van der Waals surface area contributed by atoms with Crippen LogP contribution in [-0.2, 0) is 11.2 Å². The Morgan fingerprint density at radius 3 is 2.60 bits per heavy atom. The van der Waals surface area contributed by atoms with Gasteiger partial charge in [0.2, 0.25) is 5.88 Å². The van der Waals surface area contributed by atoms with Gasteiger partial charge in [-0.2, -0.15) is 0 Å². The van der Waals surface area contributed by atoms with Crippen LogP contribution in [0, 0.1) is 5.92 Å². The SMILES string of the molecule is C[C@@H](CCO)Cc1ncc2c(OC3CCOCC3)ncc(C3CCC(O)CC3)c2n1. The summed E-state index contributed by atoms with van der Waals surface area (Å²) in [6, 6.07) is 0. The number of aromatic nitrogens is 3. The lowest BCUT2D eigenvalue weighted by Crippen LogP contribution is -2.26. The number of aliphatic hydroxyl groups is 2. The van der Waals surface area contributed by atoms with Gasteiger partial charge in [0.05, 0.1) is 30.2 Å². The third kappa shape index (κ3) is 5.07. The first kappa shape index (κ1) is 21.4. The molecule has 1 aliphatic carbocycles. The Bertz CT molecular complexity index is 833. The molecule has 0 bridgehead atoms. The summed E-state index contributed by atoms with van der Waals surface area (Å²) in [5.74, 6) is 2.06. The van der Waals surface area contributed by atoms with Crippen LogP contribution in [0.2, 0.25) is 0 Å². The lowest BCUT2D eigenvalue weighted by atomic mass is 9.82. The van der Waals surface area contributed by atoms with Crippen LogP contribution >= 0.6 is 0 Å². The molecule has 2 fully saturated rings. The number of hydrogen-bond acceptors (Lipinski definition) is 7. The highest BCUT2D eigenvalue weighted by atomic mass is 16.5. The molecule has 2 aliphatic rings. The van der Waals surface area contributed by atoms with Crippen LogP contribution in [0.15, 0.2) is 12.4 Å². The van der Waals surface area contributed by atoms with E-state index in [2.05, 4.69) is 16.9 Å². The molecule has 0 unspecified atom stereocenters. The van der Waals surface area contributed by atoms with E-state index in [-0.39, 0.29) is 18.8 Å². The molecule has 1 saturated carbocycles. The lowest BCUT2D eigenvalue weighted by Gasteiger charge is -2.27. The van der Waals surface area contributed by atoms with Crippen LogP contribution < -0.4 is 4.74 Å². The average molecular weight is 416 g/mol. The topological polar surface area (TPSA) is 97.6 Å². The molecule has 0 aromatic carbocycles. The van der Waals surface area contributed by atoms with E-state index >= 15 is 0 Å². The van der Waals surface area contributed by atoms with Gasteiger partial charge < -0.3 is 19.7 Å². The summed E-state index contributed by atoms with van der Waals surface area (Å²) in [5, 5.41) is 20.0. The van der Waals surface area contributed by atoms with Gasteiger partial charge in [0, 0.05) is 43.8 Å². The molecule has 0 spiro atoms. The number of rotatable bonds is 7. The van der Waals surface area contributed by atoms with Gasteiger partial charge in [-0.1, -0.05) is 6.92 Å². The first-order chi connectivity index (χ1) is 14.6. The fraction of sp³-hybridized carbons (Fsp3) is 0.696. The maximum Gasteiger partial charge on any atom is 0.224 e. The highest BCUT2D eigenvalue weighted by Crippen LogP contribution is 2.37. The maximum absolute atomic E-state index is 9.92. The molecule has 1 aliphatic heterocycles. The van der Waals surface area contributed by atoms with Crippen molar-refractivity contribution < 1.29 is 19.7 Å². The van der Waals surface area contributed by atoms with E-state index in [1.807, 2.05) is 12.4 Å². The Morgan fingerprint density at radius 1 is 1.10 bits per heavy atom. The van der Waals surface area contributed by atoms with Gasteiger partial charge in [-0.25, -0.2) is 15.0 Å². The molecule has 1 saturated heterocycles. The summed E-state index contributed by atoms with van der Waals surface area (Å²) >= 11 is 0. The van der Waals surface area contributed by atoms with Gasteiger partial charge in [0.1, 0.15) is 11.9 Å². The summed E-state index contributed by atoms with van der Waals surface area (Å²) in [6.45, 7) is 3.72. The smallest absolute Gasteiger partial charge is 0.224 e. The van der Waals surface area contributed by atoms with E-state index in [0.717, 1.165) is 73.7 Å². The minimum absolute atomic E-state index is 0.106. The van der Waals surface area contributed by atoms with Crippen molar-refractivity contribution in [2.45, 2.75) is 76.4 Å². The summed E-state index contributed by atoms with van der Waals surface area (Å²) < 4.78 is 11.7. The Hall–Kier alpha value is -1.83. The minimum atomic E-state index is -0.193. The van der Waals surface area contributed by atoms with Crippen molar-refractivity contribution >= 4 is 10.9 Å². The van der Waals surface area contributed by atoms with Gasteiger partial charge in [-0.05, 0) is 43.9 Å². The van der Waals surface area contributed by atoms with Gasteiger partial charge in [-0.3, -0.25) is 0 Å². The van der Waals surface area contributed by atoms with E-state index in [1.165, 1.54) is 0 Å². The quantitative estimate of drug-likeness (QED) is 0.717. The Balaban J connectivity index is 1.67. The molecule has 4 rings (SSSR count). The number of ether oxygens (including phenoxy) is 2. The molecule has 3 heterocycles. The van der Waals surface area contributed by atoms with Crippen LogP contribution in [0.5, 0.6) is 5.88 Å². The van der Waals surface area contributed by atoms with E-state index in [9.17, 15) is 10.2 Å². The van der Waals surface area contributed by atoms with Gasteiger partial charge in [-0.15, -0.1) is 0 Å². The molecule has 0 amide bonds. The molecule has 1 atom stereocenters. The zero-order chi connectivity index (χ0) is 20.9. The molecular weight excluding hydrogens is 382 g/mol.